The summed E-state index contributed by atoms with van der Waals surface area (Å²) in [6.45, 7) is 0. The van der Waals surface area contributed by atoms with Crippen LogP contribution in [0.3, 0.4) is 0 Å². The molecule has 3 heteroatoms. The second-order valence-corrected chi connectivity index (χ2v) is 2.46. The summed E-state index contributed by atoms with van der Waals surface area (Å²) in [4.78, 5) is 0. The molecule has 2 rings (SSSR count). The number of hydrogen-bond acceptors (Lipinski definition) is 1. The number of nitrogens with zero attached hydrogens (tertiary/aromatic N) is 3. The summed E-state index contributed by atoms with van der Waals surface area (Å²) >= 11 is 0. The van der Waals surface area contributed by atoms with Crippen LogP contribution in [-0.4, -0.2) is 14.3 Å². The number of hydrogen-bond donors (Lipinski definition) is 0. The molecule has 0 aliphatic rings. The zero-order valence-electron chi connectivity index (χ0n) is 6.31. The topological polar surface area (TPSA) is 22.8 Å². The van der Waals surface area contributed by atoms with Gasteiger partial charge in [0.05, 0.1) is 11.9 Å². The Balaban J connectivity index is 2.45. The van der Waals surface area contributed by atoms with Crippen LogP contribution in [-0.2, 0) is 7.05 Å². The van der Waals surface area contributed by atoms with Crippen molar-refractivity contribution < 1.29 is 0 Å². The monoisotopic (exact) mass is 147 g/mol. The van der Waals surface area contributed by atoms with Crippen LogP contribution in [0.1, 0.15) is 0 Å². The van der Waals surface area contributed by atoms with Crippen molar-refractivity contribution in [3.8, 4) is 5.69 Å². The Morgan fingerprint density at radius 2 is 2.00 bits per heavy atom. The van der Waals surface area contributed by atoms with Crippen LogP contribution in [0.2, 0.25) is 0 Å². The molecule has 0 N–H and O–H groups in total. The zero-order chi connectivity index (χ0) is 7.68. The van der Waals surface area contributed by atoms with E-state index < -0.39 is 0 Å². The van der Waals surface area contributed by atoms with Crippen molar-refractivity contribution in [3.05, 3.63) is 36.9 Å². The molecule has 0 unspecified atom stereocenters. The van der Waals surface area contributed by atoms with Gasteiger partial charge in [-0.05, 0) is 12.1 Å². The molecular weight excluding hydrogens is 138 g/mol. The molecule has 0 saturated heterocycles. The molecule has 0 fully saturated rings. The minimum atomic E-state index is 1.09. The van der Waals surface area contributed by atoms with E-state index in [0.29, 0.717) is 0 Å². The first-order valence-electron chi connectivity index (χ1n) is 3.48. The molecule has 0 aliphatic carbocycles. The van der Waals surface area contributed by atoms with Crippen molar-refractivity contribution in [2.24, 2.45) is 7.05 Å². The van der Waals surface area contributed by atoms with E-state index in [1.54, 1.807) is 4.68 Å². The maximum absolute atomic E-state index is 4.07. The molecule has 0 radical (unpaired) electrons. The van der Waals surface area contributed by atoms with Crippen molar-refractivity contribution in [3.63, 3.8) is 0 Å². The van der Waals surface area contributed by atoms with E-state index >= 15 is 0 Å². The minimum absolute atomic E-state index is 1.09. The first-order chi connectivity index (χ1) is 5.36. The first kappa shape index (κ1) is 6.22. The molecule has 2 heterocycles. The van der Waals surface area contributed by atoms with Crippen molar-refractivity contribution in [1.82, 2.24) is 14.3 Å². The third-order valence-electron chi connectivity index (χ3n) is 1.59. The fourth-order valence-corrected chi connectivity index (χ4v) is 1.05. The molecule has 0 aromatic carbocycles. The zero-order valence-corrected chi connectivity index (χ0v) is 6.31. The van der Waals surface area contributed by atoms with Gasteiger partial charge in [-0.25, -0.2) is 0 Å². The smallest absolute Gasteiger partial charge is 0.0833 e. The summed E-state index contributed by atoms with van der Waals surface area (Å²) in [6.07, 6.45) is 7.80. The predicted molar refractivity (Wildman–Crippen MR) is 42.5 cm³/mol. The predicted octanol–water partition coefficient (Wildman–Crippen LogP) is 1.21. The maximum Gasteiger partial charge on any atom is 0.0833 e. The van der Waals surface area contributed by atoms with Gasteiger partial charge in [-0.1, -0.05) is 0 Å². The molecule has 0 bridgehead atoms. The van der Waals surface area contributed by atoms with Gasteiger partial charge in [0, 0.05) is 25.6 Å². The van der Waals surface area contributed by atoms with E-state index in [0.717, 1.165) is 5.69 Å². The second-order valence-electron chi connectivity index (χ2n) is 2.46. The van der Waals surface area contributed by atoms with E-state index in [4.69, 9.17) is 0 Å². The lowest BCUT2D eigenvalue weighted by Gasteiger charge is -1.93. The highest BCUT2D eigenvalue weighted by molar-refractivity contribution is 5.25. The van der Waals surface area contributed by atoms with Gasteiger partial charge < -0.3 is 4.57 Å². The van der Waals surface area contributed by atoms with Gasteiger partial charge in [-0.2, -0.15) is 5.10 Å². The van der Waals surface area contributed by atoms with Crippen LogP contribution in [0.25, 0.3) is 5.69 Å². The summed E-state index contributed by atoms with van der Waals surface area (Å²) in [7, 11) is 1.91. The van der Waals surface area contributed by atoms with Crippen LogP contribution in [0, 0.1) is 0 Å². The Morgan fingerprint density at radius 1 is 1.27 bits per heavy atom. The second kappa shape index (κ2) is 2.27. The molecule has 11 heavy (non-hydrogen) atoms. The molecule has 0 saturated carbocycles. The van der Waals surface area contributed by atoms with Gasteiger partial charge in [-0.3, -0.25) is 4.68 Å². The Hall–Kier alpha value is -1.51. The Morgan fingerprint density at radius 3 is 2.55 bits per heavy atom. The number of aromatic nitrogens is 3. The quantitative estimate of drug-likeness (QED) is 0.594. The standard InChI is InChI=1S/C8H9N3/c1-10-7-8(6-9-10)11-4-2-3-5-11/h2-7H,1H3. The van der Waals surface area contributed by atoms with E-state index in [1.165, 1.54) is 0 Å². The third kappa shape index (κ3) is 1.05. The van der Waals surface area contributed by atoms with Gasteiger partial charge >= 0.3 is 0 Å². The van der Waals surface area contributed by atoms with Crippen molar-refractivity contribution in [1.29, 1.82) is 0 Å². The third-order valence-corrected chi connectivity index (χ3v) is 1.59. The van der Waals surface area contributed by atoms with E-state index in [9.17, 15) is 0 Å². The van der Waals surface area contributed by atoms with Gasteiger partial charge in [0.1, 0.15) is 0 Å². The molecule has 3 nitrogen and oxygen atoms in total. The van der Waals surface area contributed by atoms with Crippen LogP contribution < -0.4 is 0 Å². The van der Waals surface area contributed by atoms with Gasteiger partial charge in [0.2, 0.25) is 0 Å². The molecule has 0 atom stereocenters. The Labute approximate surface area is 64.9 Å². The van der Waals surface area contributed by atoms with E-state index in [2.05, 4.69) is 5.10 Å². The Bertz CT molecular complexity index is 332. The molecule has 2 aromatic heterocycles. The van der Waals surface area contributed by atoms with Crippen LogP contribution in [0.5, 0.6) is 0 Å². The summed E-state index contributed by atoms with van der Waals surface area (Å²) in [5.74, 6) is 0. The molecule has 2 aromatic rings. The Kier molecular flexibility index (Phi) is 1.28. The largest absolute Gasteiger partial charge is 0.321 e. The summed E-state index contributed by atoms with van der Waals surface area (Å²) in [5, 5.41) is 4.07. The van der Waals surface area contributed by atoms with Gasteiger partial charge in [0.15, 0.2) is 0 Å². The highest BCUT2D eigenvalue weighted by atomic mass is 15.3. The molecule has 0 amide bonds. The summed E-state index contributed by atoms with van der Waals surface area (Å²) in [5.41, 5.74) is 1.09. The maximum atomic E-state index is 4.07. The summed E-state index contributed by atoms with van der Waals surface area (Å²) < 4.78 is 3.81. The lowest BCUT2D eigenvalue weighted by atomic mass is 10.5. The fourth-order valence-electron chi connectivity index (χ4n) is 1.05. The lowest BCUT2D eigenvalue weighted by molar-refractivity contribution is 0.767. The SMILES string of the molecule is Cn1cc(-n2cccc2)cn1. The highest BCUT2D eigenvalue weighted by Gasteiger charge is 1.94. The van der Waals surface area contributed by atoms with Crippen LogP contribution >= 0.6 is 0 Å². The van der Waals surface area contributed by atoms with Crippen molar-refractivity contribution in [2.45, 2.75) is 0 Å². The van der Waals surface area contributed by atoms with Crippen LogP contribution in [0.15, 0.2) is 36.9 Å². The molecule has 0 spiro atoms. The summed E-state index contributed by atoms with van der Waals surface area (Å²) in [6, 6.07) is 3.99. The molecule has 0 aliphatic heterocycles. The van der Waals surface area contributed by atoms with Crippen molar-refractivity contribution >= 4 is 0 Å². The first-order valence-corrected chi connectivity index (χ1v) is 3.48. The van der Waals surface area contributed by atoms with E-state index in [-0.39, 0.29) is 0 Å². The number of aryl methyl sites for hydroxylation is 1. The normalized spacial score (nSPS) is 10.3. The minimum Gasteiger partial charge on any atom is -0.321 e. The average Bonchev–Trinajstić information content (AvgIpc) is 2.55. The highest BCUT2D eigenvalue weighted by Crippen LogP contribution is 2.04. The van der Waals surface area contributed by atoms with Crippen LogP contribution in [0.4, 0.5) is 0 Å². The fraction of sp³-hybridized carbons (Fsp3) is 0.125. The lowest BCUT2D eigenvalue weighted by Crippen LogP contribution is -1.87. The molecule has 56 valence electrons. The average molecular weight is 147 g/mol. The van der Waals surface area contributed by atoms with Crippen molar-refractivity contribution in [2.75, 3.05) is 0 Å². The van der Waals surface area contributed by atoms with E-state index in [1.807, 2.05) is 48.5 Å². The van der Waals surface area contributed by atoms with Gasteiger partial charge in [0.25, 0.3) is 0 Å². The van der Waals surface area contributed by atoms with Gasteiger partial charge in [-0.15, -0.1) is 0 Å². The number of rotatable bonds is 1. The molecular formula is C8H9N3.